The van der Waals surface area contributed by atoms with Crippen molar-refractivity contribution in [2.75, 3.05) is 0 Å². The molecule has 0 spiro atoms. The number of hydrogen-bond donors (Lipinski definition) is 0. The van der Waals surface area contributed by atoms with E-state index in [9.17, 15) is 0 Å². The fourth-order valence-corrected chi connectivity index (χ4v) is 8.63. The first kappa shape index (κ1) is 33.0. The molecule has 7 aromatic rings. The summed E-state index contributed by atoms with van der Waals surface area (Å²) in [4.78, 5) is 15.4. The molecule has 0 aliphatic heterocycles. The van der Waals surface area contributed by atoms with E-state index in [-0.39, 0.29) is 0 Å². The molecule has 0 bridgehead atoms. The van der Waals surface area contributed by atoms with Crippen LogP contribution in [0.5, 0.6) is 0 Å². The van der Waals surface area contributed by atoms with Crippen LogP contribution >= 0.6 is 0 Å². The van der Waals surface area contributed by atoms with Crippen molar-refractivity contribution >= 4 is 257 Å². The molecule has 0 radical (unpaired) electrons. The van der Waals surface area contributed by atoms with E-state index in [1.165, 1.54) is 131 Å². The molecule has 7 rings (SSSR count). The van der Waals surface area contributed by atoms with E-state index >= 15 is 0 Å². The second kappa shape index (κ2) is 11.0. The highest BCUT2D eigenvalue weighted by molar-refractivity contribution is 6.73. The SMILES string of the molecule is Bc1c(B)c(B)c2c(c1B)c1c(B)c(B)c(B)c(B)c1n2-c1ncnc(-n2c3c(B)c(B)c(B)c(B)c3c3c(B)c(B)c(B)c(B)c32)n1. The Morgan fingerprint density at radius 1 is 0.292 bits per heavy atom. The van der Waals surface area contributed by atoms with Gasteiger partial charge in [0.2, 0.25) is 11.9 Å². The highest BCUT2D eigenvalue weighted by atomic mass is 15.3. The summed E-state index contributed by atoms with van der Waals surface area (Å²) in [6.07, 6.45) is 1.71. The number of nitrogens with zero attached hydrogens (tertiary/aromatic N) is 5. The molecule has 3 aromatic heterocycles. The van der Waals surface area contributed by atoms with Crippen LogP contribution in [0.4, 0.5) is 0 Å². The largest absolute Gasteiger partial charge is 0.279 e. The van der Waals surface area contributed by atoms with E-state index in [0.29, 0.717) is 11.9 Å². The predicted octanol–water partition coefficient (Wildman–Crippen LogP) is -21.8. The van der Waals surface area contributed by atoms with Gasteiger partial charge in [0, 0.05) is 22.1 Å². The second-order valence-electron chi connectivity index (χ2n) is 14.7. The number of fused-ring (bicyclic) bond motifs is 6. The van der Waals surface area contributed by atoms with Crippen molar-refractivity contribution in [2.45, 2.75) is 0 Å². The zero-order chi connectivity index (χ0) is 35.0. The maximum Gasteiger partial charge on any atom is 0.239 e. The molecule has 0 saturated heterocycles. The summed E-state index contributed by atoms with van der Waals surface area (Å²) in [5.41, 5.74) is 25.8. The molecule has 0 aliphatic carbocycles. The van der Waals surface area contributed by atoms with Gasteiger partial charge in [0.25, 0.3) is 0 Å². The zero-order valence-corrected chi connectivity index (χ0v) is 31.8. The molecule has 0 N–H and O–H groups in total. The predicted molar refractivity (Wildman–Crippen MR) is 259 cm³/mol. The monoisotopic (exact) mass is 603 g/mol. The van der Waals surface area contributed by atoms with Gasteiger partial charge in [-0.15, -0.1) is 21.9 Å². The topological polar surface area (TPSA) is 48.5 Å². The van der Waals surface area contributed by atoms with Gasteiger partial charge in [0.1, 0.15) is 132 Å². The summed E-state index contributed by atoms with van der Waals surface area (Å²) < 4.78 is 4.68. The minimum Gasteiger partial charge on any atom is -0.279 e. The van der Waals surface area contributed by atoms with Gasteiger partial charge in [-0.3, -0.25) is 9.13 Å². The van der Waals surface area contributed by atoms with Crippen LogP contribution in [0, 0.1) is 0 Å². The van der Waals surface area contributed by atoms with Gasteiger partial charge < -0.3 is 0 Å². The molecule has 0 fully saturated rings. The molecule has 4 aromatic carbocycles. The molecule has 0 saturated carbocycles. The van der Waals surface area contributed by atoms with Crippen molar-refractivity contribution in [1.82, 2.24) is 24.1 Å². The van der Waals surface area contributed by atoms with E-state index in [4.69, 9.17) is 15.0 Å². The molecule has 3 heterocycles. The summed E-state index contributed by atoms with van der Waals surface area (Å²) in [6, 6.07) is 0. The van der Waals surface area contributed by atoms with Crippen molar-refractivity contribution < 1.29 is 0 Å². The van der Waals surface area contributed by atoms with E-state index in [2.05, 4.69) is 135 Å². The fourth-order valence-electron chi connectivity index (χ4n) is 8.63. The van der Waals surface area contributed by atoms with Gasteiger partial charge >= 0.3 is 0 Å². The summed E-state index contributed by atoms with van der Waals surface area (Å²) in [7, 11) is 36.2. The molecular formula is C27H33B16N5. The van der Waals surface area contributed by atoms with Gasteiger partial charge in [0.05, 0.1) is 0 Å². The molecule has 48 heavy (non-hydrogen) atoms. The summed E-state index contributed by atoms with van der Waals surface area (Å²) >= 11 is 0. The molecule has 214 valence electrons. The number of hydrogen-bond acceptors (Lipinski definition) is 3. The number of benzene rings is 4. The van der Waals surface area contributed by atoms with Gasteiger partial charge in [-0.25, -0.2) is 9.97 Å². The molecule has 0 atom stereocenters. The van der Waals surface area contributed by atoms with E-state index in [1.54, 1.807) is 6.33 Å². The smallest absolute Gasteiger partial charge is 0.239 e. The number of aromatic nitrogens is 5. The highest BCUT2D eigenvalue weighted by Gasteiger charge is 2.27. The Morgan fingerprint density at radius 3 is 0.729 bits per heavy atom. The highest BCUT2D eigenvalue weighted by Crippen LogP contribution is 2.28. The van der Waals surface area contributed by atoms with Crippen molar-refractivity contribution in [3.05, 3.63) is 6.33 Å². The van der Waals surface area contributed by atoms with Crippen LogP contribution in [0.3, 0.4) is 0 Å². The summed E-state index contributed by atoms with van der Waals surface area (Å²) in [5.74, 6) is 1.31. The lowest BCUT2D eigenvalue weighted by Crippen LogP contribution is -2.49. The average Bonchev–Trinajstić information content (AvgIpc) is 3.63. The van der Waals surface area contributed by atoms with Gasteiger partial charge in [-0.2, -0.15) is 4.98 Å². The van der Waals surface area contributed by atoms with Crippen molar-refractivity contribution in [1.29, 1.82) is 0 Å². The molecule has 0 aliphatic rings. The van der Waals surface area contributed by atoms with Crippen LogP contribution in [0.1, 0.15) is 0 Å². The van der Waals surface area contributed by atoms with Gasteiger partial charge in [-0.05, 0) is 21.5 Å². The summed E-state index contributed by atoms with van der Waals surface area (Å²) in [6.45, 7) is 0. The van der Waals surface area contributed by atoms with Crippen LogP contribution in [-0.4, -0.2) is 150 Å². The van der Waals surface area contributed by atoms with Crippen molar-refractivity contribution in [3.8, 4) is 11.9 Å². The van der Waals surface area contributed by atoms with Gasteiger partial charge in [-0.1, -0.05) is 65.6 Å². The van der Waals surface area contributed by atoms with E-state index in [0.717, 1.165) is 0 Å². The Kier molecular flexibility index (Phi) is 7.59. The Morgan fingerprint density at radius 2 is 0.500 bits per heavy atom. The third-order valence-corrected chi connectivity index (χ3v) is 13.0. The lowest BCUT2D eigenvalue weighted by Gasteiger charge is -2.17. The first-order chi connectivity index (χ1) is 22.5. The van der Waals surface area contributed by atoms with Gasteiger partial charge in [0.15, 0.2) is 0 Å². The quantitative estimate of drug-likeness (QED) is 0.186. The summed E-state index contributed by atoms with van der Waals surface area (Å²) in [5, 5.41) is 5.23. The molecule has 5 nitrogen and oxygen atoms in total. The first-order valence-electron chi connectivity index (χ1n) is 17.3. The van der Waals surface area contributed by atoms with E-state index < -0.39 is 0 Å². The Labute approximate surface area is 297 Å². The lowest BCUT2D eigenvalue weighted by atomic mass is 9.63. The number of rotatable bonds is 2. The van der Waals surface area contributed by atoms with Crippen molar-refractivity contribution in [2.24, 2.45) is 0 Å². The third-order valence-electron chi connectivity index (χ3n) is 13.0. The van der Waals surface area contributed by atoms with Crippen LogP contribution < -0.4 is 87.4 Å². The molecule has 0 amide bonds. The van der Waals surface area contributed by atoms with E-state index in [1.807, 2.05) is 0 Å². The average molecular weight is 601 g/mol. The standard InChI is InChI=1S/C27H33B16N5/c28-6-2-3-7(29)11(33)15(37)19(41)23(3)47(22(2)18(40)14(36)10(6)32)26-44-1-45-27(46-26)48-24-4(8(30)12(34)16(38)20(24)42)5-9(31)13(35)17(39)21(43)25(5)48/h1H,28-43H2. The minimum absolute atomic E-state index is 0.655. The normalized spacial score (nSPS) is 11.8. The Hall–Kier alpha value is -3.47. The molecule has 21 heteroatoms. The minimum atomic E-state index is 0.655. The first-order valence-corrected chi connectivity index (χ1v) is 17.3. The maximum atomic E-state index is 5.45. The second-order valence-corrected chi connectivity index (χ2v) is 14.7. The van der Waals surface area contributed by atoms with Crippen LogP contribution in [0.25, 0.3) is 55.5 Å². The molecule has 0 unspecified atom stereocenters. The lowest BCUT2D eigenvalue weighted by molar-refractivity contribution is 0.889. The zero-order valence-electron chi connectivity index (χ0n) is 31.8. The third kappa shape index (κ3) is 4.05. The van der Waals surface area contributed by atoms with Crippen molar-refractivity contribution in [3.63, 3.8) is 0 Å². The fraction of sp³-hybridized carbons (Fsp3) is 0. The Balaban J connectivity index is 1.71. The van der Waals surface area contributed by atoms with Crippen LogP contribution in [0.15, 0.2) is 6.33 Å². The molecular weight excluding hydrogens is 567 g/mol. The Bertz CT molecular complexity index is 2310. The maximum absolute atomic E-state index is 5.45. The van der Waals surface area contributed by atoms with Crippen LogP contribution in [-0.2, 0) is 0 Å². The van der Waals surface area contributed by atoms with Crippen LogP contribution in [0.2, 0.25) is 0 Å².